The summed E-state index contributed by atoms with van der Waals surface area (Å²) in [5.74, 6) is -0.306. The van der Waals surface area contributed by atoms with Crippen molar-refractivity contribution in [2.75, 3.05) is 5.32 Å². The van der Waals surface area contributed by atoms with Crippen molar-refractivity contribution in [3.8, 4) is 0 Å². The van der Waals surface area contributed by atoms with E-state index in [1.165, 1.54) is 0 Å². The van der Waals surface area contributed by atoms with Crippen molar-refractivity contribution in [2.45, 2.75) is 6.61 Å². The van der Waals surface area contributed by atoms with Gasteiger partial charge in [-0.2, -0.15) is 0 Å². The highest BCUT2D eigenvalue weighted by atomic mass is 35.5. The van der Waals surface area contributed by atoms with E-state index in [0.29, 0.717) is 21.3 Å². The van der Waals surface area contributed by atoms with Crippen LogP contribution < -0.4 is 5.32 Å². The van der Waals surface area contributed by atoms with Crippen LogP contribution in [-0.2, 0) is 6.61 Å². The molecule has 0 saturated heterocycles. The molecule has 0 spiro atoms. The molecule has 0 bridgehead atoms. The number of rotatable bonds is 3. The number of nitrogens with one attached hydrogen (secondary N) is 1. The molecule has 0 heterocycles. The lowest BCUT2D eigenvalue weighted by atomic mass is 10.2. The predicted octanol–water partition coefficient (Wildman–Crippen LogP) is 3.74. The van der Waals surface area contributed by atoms with Gasteiger partial charge in [-0.3, -0.25) is 4.79 Å². The molecule has 0 aromatic heterocycles. The summed E-state index contributed by atoms with van der Waals surface area (Å²) < 4.78 is 0. The zero-order valence-electron chi connectivity index (χ0n) is 9.86. The quantitative estimate of drug-likeness (QED) is 0.906. The number of carbonyl (C=O) groups excluding carboxylic acids is 1. The maximum atomic E-state index is 12.0. The van der Waals surface area contributed by atoms with Gasteiger partial charge in [-0.25, -0.2) is 0 Å². The van der Waals surface area contributed by atoms with Gasteiger partial charge in [-0.05, 0) is 35.9 Å². The Bertz CT molecular complexity index is 594. The molecular weight excluding hydrogens is 285 g/mol. The average Bonchev–Trinajstić information content (AvgIpc) is 2.37. The fraction of sp³-hybridized carbons (Fsp3) is 0.0714. The second-order valence-corrected chi connectivity index (χ2v) is 4.84. The molecule has 0 aliphatic carbocycles. The first-order valence-electron chi connectivity index (χ1n) is 5.56. The van der Waals surface area contributed by atoms with Gasteiger partial charge in [0.25, 0.3) is 5.91 Å². The van der Waals surface area contributed by atoms with Crippen molar-refractivity contribution < 1.29 is 9.90 Å². The van der Waals surface area contributed by atoms with E-state index in [4.69, 9.17) is 28.3 Å². The Labute approximate surface area is 120 Å². The Kier molecular flexibility index (Phi) is 4.43. The summed E-state index contributed by atoms with van der Waals surface area (Å²) in [6.07, 6.45) is 0. The second kappa shape index (κ2) is 6.06. The van der Waals surface area contributed by atoms with Crippen LogP contribution in [0.15, 0.2) is 42.5 Å². The van der Waals surface area contributed by atoms with Gasteiger partial charge in [0.2, 0.25) is 0 Å². The minimum atomic E-state index is -0.306. The maximum Gasteiger partial charge on any atom is 0.255 e. The standard InChI is InChI=1S/C14H11Cl2NO2/c15-11-5-10(6-12(16)7-11)14(19)17-13-3-1-2-9(4-13)8-18/h1-7,18H,8H2,(H,17,19). The largest absolute Gasteiger partial charge is 0.392 e. The van der Waals surface area contributed by atoms with Gasteiger partial charge < -0.3 is 10.4 Å². The van der Waals surface area contributed by atoms with Gasteiger partial charge in [0.05, 0.1) is 6.61 Å². The summed E-state index contributed by atoms with van der Waals surface area (Å²) in [6, 6.07) is 11.6. The minimum Gasteiger partial charge on any atom is -0.392 e. The highest BCUT2D eigenvalue weighted by Crippen LogP contribution is 2.20. The predicted molar refractivity (Wildman–Crippen MR) is 76.8 cm³/mol. The van der Waals surface area contributed by atoms with E-state index in [1.807, 2.05) is 0 Å². The van der Waals surface area contributed by atoms with Gasteiger partial charge in [0, 0.05) is 21.3 Å². The fourth-order valence-corrected chi connectivity index (χ4v) is 2.16. The Morgan fingerprint density at radius 2 is 1.79 bits per heavy atom. The molecule has 0 atom stereocenters. The molecule has 5 heteroatoms. The third-order valence-corrected chi connectivity index (χ3v) is 2.93. The zero-order valence-corrected chi connectivity index (χ0v) is 11.4. The Balaban J connectivity index is 2.20. The Hall–Kier alpha value is -1.55. The van der Waals surface area contributed by atoms with Crippen molar-refractivity contribution in [1.82, 2.24) is 0 Å². The Morgan fingerprint density at radius 3 is 2.42 bits per heavy atom. The van der Waals surface area contributed by atoms with Gasteiger partial charge in [0.1, 0.15) is 0 Å². The minimum absolute atomic E-state index is 0.0767. The summed E-state index contributed by atoms with van der Waals surface area (Å²) in [4.78, 5) is 12.0. The number of hydrogen-bond donors (Lipinski definition) is 2. The number of anilines is 1. The number of hydrogen-bond acceptors (Lipinski definition) is 2. The number of amides is 1. The molecule has 2 rings (SSSR count). The number of aliphatic hydroxyl groups excluding tert-OH is 1. The van der Waals surface area contributed by atoms with Crippen molar-refractivity contribution in [3.63, 3.8) is 0 Å². The molecule has 2 aromatic carbocycles. The van der Waals surface area contributed by atoms with Gasteiger partial charge in [-0.15, -0.1) is 0 Å². The lowest BCUT2D eigenvalue weighted by Gasteiger charge is -2.07. The van der Waals surface area contributed by atoms with E-state index in [-0.39, 0.29) is 12.5 Å². The van der Waals surface area contributed by atoms with E-state index in [1.54, 1.807) is 42.5 Å². The first-order valence-corrected chi connectivity index (χ1v) is 6.31. The molecule has 19 heavy (non-hydrogen) atoms. The van der Waals surface area contributed by atoms with Crippen LogP contribution in [0.1, 0.15) is 15.9 Å². The summed E-state index contributed by atoms with van der Waals surface area (Å²) in [7, 11) is 0. The van der Waals surface area contributed by atoms with Gasteiger partial charge >= 0.3 is 0 Å². The summed E-state index contributed by atoms with van der Waals surface area (Å²) in [6.45, 7) is -0.0767. The van der Waals surface area contributed by atoms with Crippen molar-refractivity contribution in [1.29, 1.82) is 0 Å². The molecule has 2 aromatic rings. The third-order valence-electron chi connectivity index (χ3n) is 2.49. The van der Waals surface area contributed by atoms with Crippen LogP contribution in [0.3, 0.4) is 0 Å². The van der Waals surface area contributed by atoms with Crippen molar-refractivity contribution in [3.05, 3.63) is 63.6 Å². The van der Waals surface area contributed by atoms with Gasteiger partial charge in [0.15, 0.2) is 0 Å². The van der Waals surface area contributed by atoms with E-state index < -0.39 is 0 Å². The highest BCUT2D eigenvalue weighted by Gasteiger charge is 2.08. The van der Waals surface area contributed by atoms with Crippen molar-refractivity contribution >= 4 is 34.8 Å². The lowest BCUT2D eigenvalue weighted by molar-refractivity contribution is 0.102. The first kappa shape index (κ1) is 13.9. The van der Waals surface area contributed by atoms with E-state index in [0.717, 1.165) is 5.56 Å². The molecule has 0 saturated carbocycles. The average molecular weight is 296 g/mol. The lowest BCUT2D eigenvalue weighted by Crippen LogP contribution is -2.12. The molecule has 98 valence electrons. The second-order valence-electron chi connectivity index (χ2n) is 3.97. The third kappa shape index (κ3) is 3.70. The van der Waals surface area contributed by atoms with Crippen molar-refractivity contribution in [2.24, 2.45) is 0 Å². The fourth-order valence-electron chi connectivity index (χ4n) is 1.64. The Morgan fingerprint density at radius 1 is 1.11 bits per heavy atom. The molecule has 0 aliphatic heterocycles. The maximum absolute atomic E-state index is 12.0. The highest BCUT2D eigenvalue weighted by molar-refractivity contribution is 6.35. The topological polar surface area (TPSA) is 49.3 Å². The molecule has 0 fully saturated rings. The summed E-state index contributed by atoms with van der Waals surface area (Å²) in [5.41, 5.74) is 1.71. The molecule has 0 radical (unpaired) electrons. The van der Waals surface area contributed by atoms with E-state index in [2.05, 4.69) is 5.32 Å². The first-order chi connectivity index (χ1) is 9.08. The molecule has 3 nitrogen and oxygen atoms in total. The molecular formula is C14H11Cl2NO2. The van der Waals surface area contributed by atoms with E-state index >= 15 is 0 Å². The SMILES string of the molecule is O=C(Nc1cccc(CO)c1)c1cc(Cl)cc(Cl)c1. The number of benzene rings is 2. The van der Waals surface area contributed by atoms with Crippen LogP contribution in [0, 0.1) is 0 Å². The molecule has 1 amide bonds. The summed E-state index contributed by atoms with van der Waals surface area (Å²) >= 11 is 11.7. The zero-order chi connectivity index (χ0) is 13.8. The number of carbonyl (C=O) groups is 1. The van der Waals surface area contributed by atoms with Crippen LogP contribution in [0.5, 0.6) is 0 Å². The van der Waals surface area contributed by atoms with Crippen LogP contribution in [-0.4, -0.2) is 11.0 Å². The number of aliphatic hydroxyl groups is 1. The smallest absolute Gasteiger partial charge is 0.255 e. The van der Waals surface area contributed by atoms with Crippen LogP contribution in [0.4, 0.5) is 5.69 Å². The monoisotopic (exact) mass is 295 g/mol. The van der Waals surface area contributed by atoms with Crippen LogP contribution in [0.25, 0.3) is 0 Å². The van der Waals surface area contributed by atoms with Crippen LogP contribution in [0.2, 0.25) is 10.0 Å². The van der Waals surface area contributed by atoms with Crippen LogP contribution >= 0.6 is 23.2 Å². The van der Waals surface area contributed by atoms with E-state index in [9.17, 15) is 4.79 Å². The molecule has 0 aliphatic rings. The molecule has 0 unspecified atom stereocenters. The normalized spacial score (nSPS) is 10.3. The molecule has 2 N–H and O–H groups in total. The number of halogens is 2. The van der Waals surface area contributed by atoms with Gasteiger partial charge in [-0.1, -0.05) is 35.3 Å². The summed E-state index contributed by atoms with van der Waals surface area (Å²) in [5, 5.41) is 12.6.